The maximum Gasteiger partial charge on any atom is 0.309 e. The molecule has 2 aliphatic heterocycles. The summed E-state index contributed by atoms with van der Waals surface area (Å²) in [6.07, 6.45) is 9.80. The lowest BCUT2D eigenvalue weighted by molar-refractivity contribution is -0.153. The maximum absolute atomic E-state index is 12.5. The van der Waals surface area contributed by atoms with E-state index >= 15 is 0 Å². The fraction of sp³-hybridized carbons (Fsp3) is 0.900. The fourth-order valence-electron chi connectivity index (χ4n) is 5.60. The van der Waals surface area contributed by atoms with E-state index in [1.807, 2.05) is 0 Å². The molecular formula is C20H30O4S2. The predicted octanol–water partition coefficient (Wildman–Crippen LogP) is 4.66. The van der Waals surface area contributed by atoms with Crippen molar-refractivity contribution in [2.45, 2.75) is 91.6 Å². The number of fused-ring (bicyclic) bond motifs is 2. The van der Waals surface area contributed by atoms with Crippen molar-refractivity contribution in [1.29, 1.82) is 0 Å². The van der Waals surface area contributed by atoms with E-state index in [9.17, 15) is 14.7 Å². The zero-order valence-corrected chi connectivity index (χ0v) is 16.9. The van der Waals surface area contributed by atoms with Crippen molar-refractivity contribution in [3.63, 3.8) is 0 Å². The molecule has 4 aliphatic rings. The Kier molecular flexibility index (Phi) is 5.53. The number of carboxylic acid groups (broad SMARTS) is 2. The minimum Gasteiger partial charge on any atom is -0.481 e. The van der Waals surface area contributed by atoms with Gasteiger partial charge in [-0.1, -0.05) is 0 Å². The van der Waals surface area contributed by atoms with E-state index in [0.717, 1.165) is 46.7 Å². The Balaban J connectivity index is 1.44. The summed E-state index contributed by atoms with van der Waals surface area (Å²) in [6.45, 7) is 0. The standard InChI is InChI=1S/C20H30O4S2/c21-18(22)2-1-7-20(19(23)24,10-12-3-5-14-16(8-12)25-14)11-13-4-6-15-17(9-13)26-15/h12-17H,1-11H2,(H,21,22)(H,23,24). The van der Waals surface area contributed by atoms with Crippen LogP contribution < -0.4 is 0 Å². The predicted molar refractivity (Wildman–Crippen MR) is 106 cm³/mol. The molecule has 4 rings (SSSR count). The molecule has 0 bridgehead atoms. The van der Waals surface area contributed by atoms with Crippen LogP contribution in [0.15, 0.2) is 0 Å². The average Bonchev–Trinajstić information content (AvgIpc) is 3.48. The van der Waals surface area contributed by atoms with Gasteiger partial charge in [-0.3, -0.25) is 9.59 Å². The Morgan fingerprint density at radius 2 is 1.38 bits per heavy atom. The highest BCUT2D eigenvalue weighted by atomic mass is 32.2. The number of carbonyl (C=O) groups is 2. The second-order valence-electron chi connectivity index (χ2n) is 9.03. The Hall–Kier alpha value is -0.360. The first-order chi connectivity index (χ1) is 12.4. The van der Waals surface area contributed by atoms with Gasteiger partial charge in [-0.05, 0) is 76.0 Å². The summed E-state index contributed by atoms with van der Waals surface area (Å²) in [5.41, 5.74) is -0.705. The first kappa shape index (κ1) is 19.0. The first-order valence-electron chi connectivity index (χ1n) is 10.2. The van der Waals surface area contributed by atoms with E-state index in [2.05, 4.69) is 23.5 Å². The van der Waals surface area contributed by atoms with Crippen LogP contribution in [0.25, 0.3) is 0 Å². The molecule has 4 nitrogen and oxygen atoms in total. The van der Waals surface area contributed by atoms with Crippen LogP contribution >= 0.6 is 23.5 Å². The van der Waals surface area contributed by atoms with Gasteiger partial charge in [-0.15, -0.1) is 0 Å². The first-order valence-corrected chi connectivity index (χ1v) is 12.1. The Labute approximate surface area is 164 Å². The van der Waals surface area contributed by atoms with E-state index < -0.39 is 17.4 Å². The second kappa shape index (κ2) is 7.57. The normalized spacial score (nSPS) is 40.0. The third-order valence-electron chi connectivity index (χ3n) is 7.08. The van der Waals surface area contributed by atoms with Crippen molar-refractivity contribution >= 4 is 35.5 Å². The number of carboxylic acids is 2. The summed E-state index contributed by atoms with van der Waals surface area (Å²) in [5.74, 6) is -0.453. The van der Waals surface area contributed by atoms with Crippen molar-refractivity contribution in [2.75, 3.05) is 0 Å². The van der Waals surface area contributed by atoms with Crippen molar-refractivity contribution < 1.29 is 19.8 Å². The highest BCUT2D eigenvalue weighted by molar-refractivity contribution is 8.07. The Morgan fingerprint density at radius 1 is 0.846 bits per heavy atom. The zero-order chi connectivity index (χ0) is 18.3. The van der Waals surface area contributed by atoms with Gasteiger partial charge in [0.25, 0.3) is 0 Å². The summed E-state index contributed by atoms with van der Waals surface area (Å²) >= 11 is 4.15. The van der Waals surface area contributed by atoms with Crippen molar-refractivity contribution in [2.24, 2.45) is 17.3 Å². The van der Waals surface area contributed by atoms with Gasteiger partial charge < -0.3 is 10.2 Å². The smallest absolute Gasteiger partial charge is 0.309 e. The molecule has 2 aliphatic carbocycles. The number of aliphatic carboxylic acids is 2. The highest BCUT2D eigenvalue weighted by Crippen LogP contribution is 2.57. The molecule has 0 aromatic carbocycles. The molecule has 4 fully saturated rings. The quantitative estimate of drug-likeness (QED) is 0.550. The van der Waals surface area contributed by atoms with Crippen LogP contribution in [0.4, 0.5) is 0 Å². The molecule has 26 heavy (non-hydrogen) atoms. The van der Waals surface area contributed by atoms with E-state index in [4.69, 9.17) is 5.11 Å². The lowest BCUT2D eigenvalue weighted by Crippen LogP contribution is -2.37. The molecular weight excluding hydrogens is 368 g/mol. The number of hydrogen-bond donors (Lipinski definition) is 2. The molecule has 6 atom stereocenters. The molecule has 0 aromatic heterocycles. The third-order valence-corrected chi connectivity index (χ3v) is 10.0. The molecule has 2 N–H and O–H groups in total. The molecule has 2 saturated carbocycles. The molecule has 2 saturated heterocycles. The third kappa shape index (κ3) is 4.37. The monoisotopic (exact) mass is 398 g/mol. The molecule has 6 heteroatoms. The van der Waals surface area contributed by atoms with Crippen LogP contribution in [-0.4, -0.2) is 43.2 Å². The summed E-state index contributed by atoms with van der Waals surface area (Å²) in [6, 6.07) is 0. The fourth-order valence-corrected chi connectivity index (χ4v) is 8.12. The van der Waals surface area contributed by atoms with Crippen LogP contribution in [0.2, 0.25) is 0 Å². The van der Waals surface area contributed by atoms with Crippen LogP contribution in [0.1, 0.15) is 70.6 Å². The minimum absolute atomic E-state index is 0.0888. The van der Waals surface area contributed by atoms with Gasteiger partial charge in [0.2, 0.25) is 0 Å². The Morgan fingerprint density at radius 3 is 1.81 bits per heavy atom. The van der Waals surface area contributed by atoms with Gasteiger partial charge in [0.15, 0.2) is 0 Å². The van der Waals surface area contributed by atoms with E-state index in [0.29, 0.717) is 24.7 Å². The number of rotatable bonds is 9. The number of thioether (sulfide) groups is 2. The molecule has 0 amide bonds. The van der Waals surface area contributed by atoms with Crippen LogP contribution in [-0.2, 0) is 9.59 Å². The maximum atomic E-state index is 12.5. The van der Waals surface area contributed by atoms with E-state index in [1.165, 1.54) is 25.7 Å². The van der Waals surface area contributed by atoms with Gasteiger partial charge >= 0.3 is 11.9 Å². The molecule has 146 valence electrons. The molecule has 0 spiro atoms. The van der Waals surface area contributed by atoms with Gasteiger partial charge in [0.05, 0.1) is 5.41 Å². The van der Waals surface area contributed by atoms with Gasteiger partial charge in [0, 0.05) is 27.4 Å². The number of hydrogen-bond acceptors (Lipinski definition) is 4. The topological polar surface area (TPSA) is 74.6 Å². The molecule has 2 heterocycles. The van der Waals surface area contributed by atoms with Crippen molar-refractivity contribution in [1.82, 2.24) is 0 Å². The summed E-state index contributed by atoms with van der Waals surface area (Å²) in [7, 11) is 0. The van der Waals surface area contributed by atoms with E-state index in [1.54, 1.807) is 0 Å². The summed E-state index contributed by atoms with van der Waals surface area (Å²) in [5, 5.41) is 22.5. The molecule has 6 unspecified atom stereocenters. The van der Waals surface area contributed by atoms with Crippen LogP contribution in [0.3, 0.4) is 0 Å². The van der Waals surface area contributed by atoms with Gasteiger partial charge in [-0.2, -0.15) is 23.5 Å². The molecule has 0 aromatic rings. The molecule has 0 radical (unpaired) electrons. The van der Waals surface area contributed by atoms with Crippen LogP contribution in [0.5, 0.6) is 0 Å². The largest absolute Gasteiger partial charge is 0.481 e. The highest BCUT2D eigenvalue weighted by Gasteiger charge is 2.50. The summed E-state index contributed by atoms with van der Waals surface area (Å²) in [4.78, 5) is 23.4. The van der Waals surface area contributed by atoms with Crippen LogP contribution in [0, 0.1) is 17.3 Å². The van der Waals surface area contributed by atoms with Gasteiger partial charge in [0.1, 0.15) is 0 Å². The van der Waals surface area contributed by atoms with E-state index in [-0.39, 0.29) is 6.42 Å². The van der Waals surface area contributed by atoms with Crippen molar-refractivity contribution in [3.05, 3.63) is 0 Å². The van der Waals surface area contributed by atoms with Crippen molar-refractivity contribution in [3.8, 4) is 0 Å². The average molecular weight is 399 g/mol. The SMILES string of the molecule is O=C(O)CCCC(CC1CCC2SC2C1)(CC1CCC2SC2C1)C(=O)O. The lowest BCUT2D eigenvalue weighted by Gasteiger charge is -2.37. The van der Waals surface area contributed by atoms with Gasteiger partial charge in [-0.25, -0.2) is 0 Å². The second-order valence-corrected chi connectivity index (χ2v) is 12.0. The Bertz CT molecular complexity index is 536. The summed E-state index contributed by atoms with van der Waals surface area (Å²) < 4.78 is 0. The lowest BCUT2D eigenvalue weighted by atomic mass is 9.66. The zero-order valence-electron chi connectivity index (χ0n) is 15.3. The minimum atomic E-state index is -0.811.